The number of aromatic nitrogens is 1. The fraction of sp³-hybridized carbons (Fsp3) is 0.250. The van der Waals surface area contributed by atoms with Gasteiger partial charge in [-0.3, -0.25) is 9.88 Å². The zero-order valence-electron chi connectivity index (χ0n) is 11.6. The van der Waals surface area contributed by atoms with Crippen LogP contribution in [0, 0.1) is 0 Å². The quantitative estimate of drug-likeness (QED) is 0.829. The highest BCUT2D eigenvalue weighted by atomic mass is 32.1. The summed E-state index contributed by atoms with van der Waals surface area (Å²) in [6.45, 7) is 5.01. The van der Waals surface area contributed by atoms with E-state index in [1.807, 2.05) is 24.5 Å². The van der Waals surface area contributed by atoms with Crippen LogP contribution in [0.1, 0.15) is 23.6 Å². The number of nitrogens with two attached hydrogens (primary N) is 1. The first-order valence-corrected chi connectivity index (χ1v) is 7.10. The average molecular weight is 285 g/mol. The summed E-state index contributed by atoms with van der Waals surface area (Å²) >= 11 is 4.96. The second-order valence-electron chi connectivity index (χ2n) is 4.72. The number of nitrogens with zero attached hydrogens (tertiary/aromatic N) is 2. The van der Waals surface area contributed by atoms with Crippen LogP contribution in [0.15, 0.2) is 48.8 Å². The molecule has 0 spiro atoms. The predicted octanol–water partition coefficient (Wildman–Crippen LogP) is 2.74. The van der Waals surface area contributed by atoms with Gasteiger partial charge in [-0.15, -0.1) is 0 Å². The molecule has 4 heteroatoms. The third-order valence-electron chi connectivity index (χ3n) is 3.25. The van der Waals surface area contributed by atoms with E-state index in [9.17, 15) is 0 Å². The number of benzene rings is 1. The minimum atomic E-state index is 0.445. The van der Waals surface area contributed by atoms with Gasteiger partial charge in [0.15, 0.2) is 0 Å². The highest BCUT2D eigenvalue weighted by Crippen LogP contribution is 2.10. The van der Waals surface area contributed by atoms with E-state index in [0.29, 0.717) is 4.99 Å². The summed E-state index contributed by atoms with van der Waals surface area (Å²) in [5, 5.41) is 0. The monoisotopic (exact) mass is 285 g/mol. The zero-order chi connectivity index (χ0) is 14.4. The Hall–Kier alpha value is -1.78. The third-order valence-corrected chi connectivity index (χ3v) is 3.48. The molecule has 0 radical (unpaired) electrons. The van der Waals surface area contributed by atoms with E-state index in [2.05, 4.69) is 41.1 Å². The van der Waals surface area contributed by atoms with Crippen LogP contribution in [0.5, 0.6) is 0 Å². The van der Waals surface area contributed by atoms with Crippen LogP contribution in [0.2, 0.25) is 0 Å². The molecule has 1 heterocycles. The van der Waals surface area contributed by atoms with Crippen LogP contribution in [0.25, 0.3) is 0 Å². The van der Waals surface area contributed by atoms with Gasteiger partial charge >= 0.3 is 0 Å². The molecule has 0 saturated heterocycles. The van der Waals surface area contributed by atoms with Gasteiger partial charge in [-0.1, -0.05) is 43.4 Å². The molecular formula is C16H19N3S. The molecule has 0 unspecified atom stereocenters. The van der Waals surface area contributed by atoms with E-state index in [1.54, 1.807) is 0 Å². The van der Waals surface area contributed by atoms with E-state index >= 15 is 0 Å². The zero-order valence-corrected chi connectivity index (χ0v) is 12.4. The van der Waals surface area contributed by atoms with Crippen molar-refractivity contribution >= 4 is 17.2 Å². The van der Waals surface area contributed by atoms with Crippen molar-refractivity contribution in [2.45, 2.75) is 20.0 Å². The van der Waals surface area contributed by atoms with Gasteiger partial charge in [0.05, 0.1) is 0 Å². The Bertz CT molecular complexity index is 552. The lowest BCUT2D eigenvalue weighted by Gasteiger charge is -2.20. The minimum absolute atomic E-state index is 0.445. The van der Waals surface area contributed by atoms with Crippen molar-refractivity contribution in [3.8, 4) is 0 Å². The first-order chi connectivity index (χ1) is 9.69. The normalized spacial score (nSPS) is 10.7. The van der Waals surface area contributed by atoms with Crippen LogP contribution in [-0.2, 0) is 13.1 Å². The Kier molecular flexibility index (Phi) is 5.21. The number of thiocarbonyl (C=S) groups is 1. The predicted molar refractivity (Wildman–Crippen MR) is 86.4 cm³/mol. The summed E-state index contributed by atoms with van der Waals surface area (Å²) in [7, 11) is 0. The fourth-order valence-corrected chi connectivity index (χ4v) is 2.19. The molecule has 0 atom stereocenters. The van der Waals surface area contributed by atoms with Crippen molar-refractivity contribution in [2.24, 2.45) is 5.73 Å². The molecule has 0 aliphatic carbocycles. The molecule has 2 aromatic rings. The number of pyridine rings is 1. The van der Waals surface area contributed by atoms with Gasteiger partial charge in [-0.2, -0.15) is 0 Å². The molecule has 3 nitrogen and oxygen atoms in total. The summed E-state index contributed by atoms with van der Waals surface area (Å²) in [5.41, 5.74) is 9.07. The smallest absolute Gasteiger partial charge is 0.103 e. The van der Waals surface area contributed by atoms with Crippen molar-refractivity contribution in [1.29, 1.82) is 0 Å². The second kappa shape index (κ2) is 7.12. The van der Waals surface area contributed by atoms with E-state index in [1.165, 1.54) is 11.1 Å². The molecule has 0 fully saturated rings. The van der Waals surface area contributed by atoms with Crippen molar-refractivity contribution in [2.75, 3.05) is 6.54 Å². The molecular weight excluding hydrogens is 266 g/mol. The lowest BCUT2D eigenvalue weighted by atomic mass is 10.1. The van der Waals surface area contributed by atoms with E-state index in [0.717, 1.165) is 25.2 Å². The molecule has 1 aromatic carbocycles. The summed E-state index contributed by atoms with van der Waals surface area (Å²) in [4.78, 5) is 6.87. The maximum absolute atomic E-state index is 5.61. The topological polar surface area (TPSA) is 42.2 Å². The van der Waals surface area contributed by atoms with Gasteiger partial charge in [0.2, 0.25) is 0 Å². The van der Waals surface area contributed by atoms with Crippen LogP contribution in [0.3, 0.4) is 0 Å². The van der Waals surface area contributed by atoms with E-state index in [-0.39, 0.29) is 0 Å². The first-order valence-electron chi connectivity index (χ1n) is 6.69. The number of hydrogen-bond acceptors (Lipinski definition) is 3. The molecule has 0 aliphatic heterocycles. The average Bonchev–Trinajstić information content (AvgIpc) is 2.48. The molecule has 0 saturated carbocycles. The van der Waals surface area contributed by atoms with Gasteiger partial charge < -0.3 is 5.73 Å². The van der Waals surface area contributed by atoms with E-state index < -0.39 is 0 Å². The van der Waals surface area contributed by atoms with Gasteiger partial charge in [0.1, 0.15) is 4.99 Å². The Morgan fingerprint density at radius 3 is 2.10 bits per heavy atom. The molecule has 0 aliphatic rings. The lowest BCUT2D eigenvalue weighted by molar-refractivity contribution is 0.271. The van der Waals surface area contributed by atoms with Crippen LogP contribution in [0.4, 0.5) is 0 Å². The summed E-state index contributed by atoms with van der Waals surface area (Å²) in [5.74, 6) is 0. The first kappa shape index (κ1) is 14.6. The molecule has 2 rings (SSSR count). The standard InChI is InChI=1S/C16H19N3S/c1-2-19(12-14-7-9-18-10-8-14)11-13-3-5-15(6-4-13)16(17)20/h3-10H,2,11-12H2,1H3,(H2,17,20). The Labute approximate surface area is 125 Å². The van der Waals surface area contributed by atoms with Gasteiger partial charge in [-0.25, -0.2) is 0 Å². The molecule has 20 heavy (non-hydrogen) atoms. The van der Waals surface area contributed by atoms with Gasteiger partial charge in [0.25, 0.3) is 0 Å². The van der Waals surface area contributed by atoms with Crippen molar-refractivity contribution < 1.29 is 0 Å². The van der Waals surface area contributed by atoms with Crippen LogP contribution >= 0.6 is 12.2 Å². The highest BCUT2D eigenvalue weighted by Gasteiger charge is 2.05. The maximum atomic E-state index is 5.61. The molecule has 104 valence electrons. The lowest BCUT2D eigenvalue weighted by Crippen LogP contribution is -2.22. The number of hydrogen-bond donors (Lipinski definition) is 1. The van der Waals surface area contributed by atoms with Crippen LogP contribution in [-0.4, -0.2) is 21.4 Å². The van der Waals surface area contributed by atoms with E-state index in [4.69, 9.17) is 18.0 Å². The van der Waals surface area contributed by atoms with Gasteiger partial charge in [0, 0.05) is 31.0 Å². The number of rotatable bonds is 6. The van der Waals surface area contributed by atoms with Gasteiger partial charge in [-0.05, 0) is 29.8 Å². The Balaban J connectivity index is 2.01. The molecule has 0 bridgehead atoms. The summed E-state index contributed by atoms with van der Waals surface area (Å²) < 4.78 is 0. The SMILES string of the molecule is CCN(Cc1ccncc1)Cc1ccc(C(N)=S)cc1. The fourth-order valence-electron chi connectivity index (χ4n) is 2.06. The summed E-state index contributed by atoms with van der Waals surface area (Å²) in [6, 6.07) is 12.3. The molecule has 0 amide bonds. The van der Waals surface area contributed by atoms with Crippen molar-refractivity contribution in [3.05, 3.63) is 65.5 Å². The highest BCUT2D eigenvalue weighted by molar-refractivity contribution is 7.80. The largest absolute Gasteiger partial charge is 0.389 e. The van der Waals surface area contributed by atoms with Crippen molar-refractivity contribution in [1.82, 2.24) is 9.88 Å². The molecule has 2 N–H and O–H groups in total. The second-order valence-corrected chi connectivity index (χ2v) is 5.16. The van der Waals surface area contributed by atoms with Crippen molar-refractivity contribution in [3.63, 3.8) is 0 Å². The third kappa shape index (κ3) is 4.11. The molecule has 1 aromatic heterocycles. The minimum Gasteiger partial charge on any atom is -0.389 e. The Morgan fingerprint density at radius 2 is 1.60 bits per heavy atom. The Morgan fingerprint density at radius 1 is 1.05 bits per heavy atom. The summed E-state index contributed by atoms with van der Waals surface area (Å²) in [6.07, 6.45) is 3.67. The maximum Gasteiger partial charge on any atom is 0.103 e. The van der Waals surface area contributed by atoms with Crippen LogP contribution < -0.4 is 5.73 Å².